The maximum Gasteiger partial charge on any atom is 0.0171 e. The summed E-state index contributed by atoms with van der Waals surface area (Å²) in [6, 6.07) is 72.5. The van der Waals surface area contributed by atoms with Crippen LogP contribution < -0.4 is 0 Å². The molecule has 0 aliphatic heterocycles. The van der Waals surface area contributed by atoms with E-state index in [1.807, 2.05) is 0 Å². The monoisotopic (exact) mass is 722 g/mol. The van der Waals surface area contributed by atoms with Crippen LogP contribution in [0, 0.1) is 0 Å². The van der Waals surface area contributed by atoms with E-state index in [2.05, 4.69) is 208 Å². The third kappa shape index (κ3) is 4.56. The van der Waals surface area contributed by atoms with E-state index in [0.717, 1.165) is 0 Å². The molecule has 0 fully saturated rings. The van der Waals surface area contributed by atoms with Gasteiger partial charge in [0.25, 0.3) is 0 Å². The third-order valence-corrected chi connectivity index (χ3v) is 12.9. The average molecular weight is 723 g/mol. The van der Waals surface area contributed by atoms with E-state index in [9.17, 15) is 0 Å². The lowest BCUT2D eigenvalue weighted by atomic mass is 9.76. The highest BCUT2D eigenvalue weighted by molar-refractivity contribution is 6.23. The molecule has 0 nitrogen and oxygen atoms in total. The predicted molar refractivity (Wildman–Crippen MR) is 245 cm³/mol. The second-order valence-electron chi connectivity index (χ2n) is 16.3. The van der Waals surface area contributed by atoms with Crippen molar-refractivity contribution in [3.63, 3.8) is 0 Å². The summed E-state index contributed by atoms with van der Waals surface area (Å²) in [5.74, 6) is 0. The van der Waals surface area contributed by atoms with Gasteiger partial charge in [-0.25, -0.2) is 0 Å². The van der Waals surface area contributed by atoms with Crippen LogP contribution in [0.4, 0.5) is 0 Å². The van der Waals surface area contributed by atoms with Crippen LogP contribution in [0.5, 0.6) is 0 Å². The normalized spacial score (nSPS) is 13.2. The van der Waals surface area contributed by atoms with Crippen molar-refractivity contribution >= 4 is 64.6 Å². The molecule has 0 atom stereocenters. The SMILES string of the molecule is CC1(C)c2c(-c3cccc(-c4c5ccccc5c(-c5ccc6ccc7ccccc7c6c5)c5ccccc45)c3)cccc2-c2c1c1ccccc1c1ccccc21. The van der Waals surface area contributed by atoms with Crippen LogP contribution in [0.25, 0.3) is 109 Å². The largest absolute Gasteiger partial charge is 0.0616 e. The van der Waals surface area contributed by atoms with Crippen LogP contribution >= 0.6 is 0 Å². The maximum absolute atomic E-state index is 2.45. The minimum atomic E-state index is -0.201. The first-order chi connectivity index (χ1) is 28.1. The Morgan fingerprint density at radius 3 is 1.35 bits per heavy atom. The van der Waals surface area contributed by atoms with Gasteiger partial charge in [0.1, 0.15) is 0 Å². The highest BCUT2D eigenvalue weighted by Crippen LogP contribution is 2.57. The molecule has 266 valence electrons. The molecule has 12 rings (SSSR count). The van der Waals surface area contributed by atoms with E-state index in [-0.39, 0.29) is 5.41 Å². The van der Waals surface area contributed by atoms with Gasteiger partial charge in [-0.3, -0.25) is 0 Å². The summed E-state index contributed by atoms with van der Waals surface area (Å²) in [5.41, 5.74) is 13.0. The Kier molecular flexibility index (Phi) is 6.78. The van der Waals surface area contributed by atoms with Crippen molar-refractivity contribution in [3.05, 3.63) is 205 Å². The minimum Gasteiger partial charge on any atom is -0.0616 e. The van der Waals surface area contributed by atoms with Crippen LogP contribution in [-0.2, 0) is 5.41 Å². The Balaban J connectivity index is 1.08. The predicted octanol–water partition coefficient (Wildman–Crippen LogP) is 15.9. The molecule has 0 spiro atoms. The number of benzene rings is 11. The molecule has 57 heavy (non-hydrogen) atoms. The fraction of sp³-hybridized carbons (Fsp3) is 0.0526. The van der Waals surface area contributed by atoms with Crippen LogP contribution in [0.1, 0.15) is 25.0 Å². The molecular weight excluding hydrogens is 685 g/mol. The summed E-state index contributed by atoms with van der Waals surface area (Å²) in [5, 5.41) is 15.5. The van der Waals surface area contributed by atoms with Gasteiger partial charge in [-0.05, 0) is 132 Å². The van der Waals surface area contributed by atoms with E-state index in [1.54, 1.807) is 0 Å². The van der Waals surface area contributed by atoms with Gasteiger partial charge in [0.05, 0.1) is 0 Å². The van der Waals surface area contributed by atoms with Gasteiger partial charge >= 0.3 is 0 Å². The van der Waals surface area contributed by atoms with Gasteiger partial charge < -0.3 is 0 Å². The summed E-state index contributed by atoms with van der Waals surface area (Å²) in [6.07, 6.45) is 0. The number of rotatable bonds is 3. The van der Waals surface area contributed by atoms with Crippen LogP contribution in [0.15, 0.2) is 194 Å². The molecule has 0 aromatic heterocycles. The molecule has 0 saturated heterocycles. The Morgan fingerprint density at radius 2 is 0.702 bits per heavy atom. The summed E-state index contributed by atoms with van der Waals surface area (Å²) >= 11 is 0. The first kappa shape index (κ1) is 32.2. The van der Waals surface area contributed by atoms with Crippen molar-refractivity contribution in [3.8, 4) is 44.5 Å². The van der Waals surface area contributed by atoms with Gasteiger partial charge in [-0.15, -0.1) is 0 Å². The van der Waals surface area contributed by atoms with E-state index >= 15 is 0 Å². The molecule has 0 bridgehead atoms. The summed E-state index contributed by atoms with van der Waals surface area (Å²) in [6.45, 7) is 4.86. The fourth-order valence-corrected chi connectivity index (χ4v) is 10.6. The van der Waals surface area contributed by atoms with Crippen molar-refractivity contribution in [1.82, 2.24) is 0 Å². The number of hydrogen-bond acceptors (Lipinski definition) is 0. The third-order valence-electron chi connectivity index (χ3n) is 12.9. The van der Waals surface area contributed by atoms with Gasteiger partial charge in [-0.2, -0.15) is 0 Å². The fourth-order valence-electron chi connectivity index (χ4n) is 10.6. The zero-order valence-electron chi connectivity index (χ0n) is 32.0. The van der Waals surface area contributed by atoms with E-state index in [0.29, 0.717) is 0 Å². The lowest BCUT2D eigenvalue weighted by Gasteiger charge is -2.26. The highest BCUT2D eigenvalue weighted by Gasteiger charge is 2.40. The Labute approximate surface area is 332 Å². The molecule has 1 aliphatic carbocycles. The second-order valence-corrected chi connectivity index (χ2v) is 16.3. The van der Waals surface area contributed by atoms with Crippen LogP contribution in [0.3, 0.4) is 0 Å². The standard InChI is InChI=1S/C57H38/c1-57(2)55-41(27-14-28-50(55)54-44-21-7-5-19-42(44)43-20-6-12-26-49(43)56(54)57)37-16-13-17-38(33-37)52-45-22-8-10-24-47(45)53(48-25-11-9-23-46(48)52)39-32-31-36-30-29-35-15-3-4-18-40(35)51(36)34-39/h3-34H,1-2H3. The molecule has 0 N–H and O–H groups in total. The zero-order valence-corrected chi connectivity index (χ0v) is 32.0. The Morgan fingerprint density at radius 1 is 0.263 bits per heavy atom. The lowest BCUT2D eigenvalue weighted by molar-refractivity contribution is 0.668. The Hall–Kier alpha value is -7.02. The topological polar surface area (TPSA) is 0 Å². The Bertz CT molecular complexity index is 3430. The summed E-state index contributed by atoms with van der Waals surface area (Å²) in [7, 11) is 0. The molecule has 11 aromatic carbocycles. The van der Waals surface area contributed by atoms with Crippen LogP contribution in [-0.4, -0.2) is 0 Å². The quantitative estimate of drug-likeness (QED) is 0.126. The molecule has 0 amide bonds. The maximum atomic E-state index is 2.45. The van der Waals surface area contributed by atoms with Gasteiger partial charge in [-0.1, -0.05) is 196 Å². The molecule has 0 heterocycles. The van der Waals surface area contributed by atoms with Crippen molar-refractivity contribution < 1.29 is 0 Å². The van der Waals surface area contributed by atoms with Crippen LogP contribution in [0.2, 0.25) is 0 Å². The molecule has 0 heteroatoms. The molecule has 0 unspecified atom stereocenters. The molecule has 11 aromatic rings. The first-order valence-corrected chi connectivity index (χ1v) is 20.1. The molecule has 0 radical (unpaired) electrons. The average Bonchev–Trinajstić information content (AvgIpc) is 3.52. The van der Waals surface area contributed by atoms with E-state index in [1.165, 1.54) is 120 Å². The van der Waals surface area contributed by atoms with E-state index in [4.69, 9.17) is 0 Å². The van der Waals surface area contributed by atoms with Crippen molar-refractivity contribution in [1.29, 1.82) is 0 Å². The minimum absolute atomic E-state index is 0.201. The lowest BCUT2D eigenvalue weighted by Crippen LogP contribution is -2.17. The smallest absolute Gasteiger partial charge is 0.0171 e. The van der Waals surface area contributed by atoms with Crippen molar-refractivity contribution in [2.75, 3.05) is 0 Å². The molecular formula is C57H38. The van der Waals surface area contributed by atoms with Gasteiger partial charge in [0.15, 0.2) is 0 Å². The first-order valence-electron chi connectivity index (χ1n) is 20.1. The number of fused-ring (bicyclic) bond motifs is 13. The molecule has 1 aliphatic rings. The van der Waals surface area contributed by atoms with Gasteiger partial charge in [0.2, 0.25) is 0 Å². The number of hydrogen-bond donors (Lipinski definition) is 0. The van der Waals surface area contributed by atoms with Crippen molar-refractivity contribution in [2.24, 2.45) is 0 Å². The molecule has 0 saturated carbocycles. The highest BCUT2D eigenvalue weighted by atomic mass is 14.4. The second kappa shape index (κ2) is 12.0. The van der Waals surface area contributed by atoms with Gasteiger partial charge in [0, 0.05) is 5.41 Å². The van der Waals surface area contributed by atoms with Crippen molar-refractivity contribution in [2.45, 2.75) is 19.3 Å². The summed E-state index contributed by atoms with van der Waals surface area (Å²) in [4.78, 5) is 0. The van der Waals surface area contributed by atoms with E-state index < -0.39 is 0 Å². The zero-order chi connectivity index (χ0) is 37.8. The summed E-state index contributed by atoms with van der Waals surface area (Å²) < 4.78 is 0.